The Labute approximate surface area is 465 Å². The first kappa shape index (κ1) is 45.0. The molecule has 2 heteroatoms. The lowest BCUT2D eigenvalue weighted by molar-refractivity contribution is 0.660. The summed E-state index contributed by atoms with van der Waals surface area (Å²) >= 11 is 0. The lowest BCUT2D eigenvalue weighted by atomic mass is 9.68. The monoisotopic (exact) mass is 1020 g/mol. The molecule has 0 unspecified atom stereocenters. The van der Waals surface area contributed by atoms with Crippen LogP contribution in [0.2, 0.25) is 0 Å². The molecule has 14 aromatic rings. The van der Waals surface area contributed by atoms with E-state index in [1.807, 2.05) is 0 Å². The van der Waals surface area contributed by atoms with Gasteiger partial charge in [0.2, 0.25) is 0 Å². The van der Waals surface area contributed by atoms with E-state index >= 15 is 0 Å². The summed E-state index contributed by atoms with van der Waals surface area (Å²) < 4.78 is 2.56. The maximum Gasteiger partial charge on any atom is 0.0731 e. The number of hydrogen-bond acceptors (Lipinski definition) is 1. The molecule has 13 aromatic carbocycles. The normalized spacial score (nSPS) is 13.8. The number of anilines is 3. The fourth-order valence-corrected chi connectivity index (χ4v) is 15.0. The number of rotatable bonds is 6. The van der Waals surface area contributed by atoms with Crippen LogP contribution in [0.3, 0.4) is 0 Å². The standard InChI is InChI=1S/C78H52N2/c1-77(2)67-34-15-10-26-58(67)62-45-43-52(47-71(62)77)79(72-38-19-14-23-54(72)49-21-4-3-5-22-49)53-44-46-66-73(48-53)80(76-65-31-9-7-25-57(65)56-24-6-8-30-63(56)74(66)76)51-41-39-50(40-42-51)55-32-20-33-64-61-29-13-18-37-70(61)78(75(55)64)68-35-16-11-27-59(68)60-28-12-17-36-69(60)78/h3-48H,1-2H3. The molecule has 0 amide bonds. The Morgan fingerprint density at radius 2 is 0.787 bits per heavy atom. The highest BCUT2D eigenvalue weighted by molar-refractivity contribution is 6.32. The van der Waals surface area contributed by atoms with Crippen molar-refractivity contribution in [2.75, 3.05) is 4.90 Å². The van der Waals surface area contributed by atoms with E-state index in [0.717, 1.165) is 28.3 Å². The van der Waals surface area contributed by atoms with Crippen LogP contribution in [-0.2, 0) is 10.8 Å². The highest BCUT2D eigenvalue weighted by Crippen LogP contribution is 2.64. The molecule has 1 heterocycles. The SMILES string of the molecule is CC1(C)c2ccccc2-c2ccc(N(c3ccc4c5c6ccccc6c6ccccc6c5n(-c5ccc(-c6cccc7c6C6(c8ccccc8-c8ccccc86)c6ccccc6-7)cc5)c4c3)c3ccccc3-c3ccccc3)cc21. The van der Waals surface area contributed by atoms with Gasteiger partial charge in [-0.1, -0.05) is 250 Å². The smallest absolute Gasteiger partial charge is 0.0731 e. The Morgan fingerprint density at radius 1 is 0.312 bits per heavy atom. The molecule has 1 spiro atoms. The van der Waals surface area contributed by atoms with Gasteiger partial charge in [0.05, 0.1) is 22.1 Å². The van der Waals surface area contributed by atoms with Gasteiger partial charge in [-0.15, -0.1) is 0 Å². The molecule has 0 saturated heterocycles. The van der Waals surface area contributed by atoms with Crippen LogP contribution >= 0.6 is 0 Å². The largest absolute Gasteiger partial charge is 0.310 e. The van der Waals surface area contributed by atoms with Crippen LogP contribution in [0.25, 0.3) is 105 Å². The summed E-state index contributed by atoms with van der Waals surface area (Å²) in [5.41, 5.74) is 27.0. The summed E-state index contributed by atoms with van der Waals surface area (Å²) in [6.45, 7) is 4.76. The van der Waals surface area contributed by atoms with Gasteiger partial charge in [0.25, 0.3) is 0 Å². The molecule has 3 aliphatic carbocycles. The second-order valence-corrected chi connectivity index (χ2v) is 22.6. The molecule has 0 saturated carbocycles. The van der Waals surface area contributed by atoms with Crippen molar-refractivity contribution >= 4 is 60.4 Å². The average molecular weight is 1020 g/mol. The van der Waals surface area contributed by atoms with E-state index < -0.39 is 5.41 Å². The van der Waals surface area contributed by atoms with Gasteiger partial charge in [0, 0.05) is 44.2 Å². The summed E-state index contributed by atoms with van der Waals surface area (Å²) in [6, 6.07) is 105. The zero-order valence-electron chi connectivity index (χ0n) is 44.5. The summed E-state index contributed by atoms with van der Waals surface area (Å²) in [6.07, 6.45) is 0. The third-order valence-electron chi connectivity index (χ3n) is 18.4. The van der Waals surface area contributed by atoms with Crippen LogP contribution in [0.5, 0.6) is 0 Å². The van der Waals surface area contributed by atoms with Crippen molar-refractivity contribution in [2.45, 2.75) is 24.7 Å². The number of fused-ring (bicyclic) bond motifs is 21. The Hall–Kier alpha value is -10.0. The molecular formula is C78H52N2. The fourth-order valence-electron chi connectivity index (χ4n) is 15.0. The first-order valence-electron chi connectivity index (χ1n) is 28.1. The van der Waals surface area contributed by atoms with Crippen molar-refractivity contribution in [3.05, 3.63) is 312 Å². The maximum absolute atomic E-state index is 2.56. The summed E-state index contributed by atoms with van der Waals surface area (Å²) in [7, 11) is 0. The molecule has 0 radical (unpaired) electrons. The molecular weight excluding hydrogens is 965 g/mol. The predicted octanol–water partition coefficient (Wildman–Crippen LogP) is 20.5. The van der Waals surface area contributed by atoms with E-state index in [-0.39, 0.29) is 5.41 Å². The van der Waals surface area contributed by atoms with Gasteiger partial charge in [-0.25, -0.2) is 0 Å². The zero-order valence-corrected chi connectivity index (χ0v) is 44.5. The van der Waals surface area contributed by atoms with Crippen molar-refractivity contribution in [3.63, 3.8) is 0 Å². The van der Waals surface area contributed by atoms with E-state index in [0.29, 0.717) is 0 Å². The van der Waals surface area contributed by atoms with Gasteiger partial charge in [0.15, 0.2) is 0 Å². The van der Waals surface area contributed by atoms with Crippen LogP contribution in [0.4, 0.5) is 17.1 Å². The minimum Gasteiger partial charge on any atom is -0.310 e. The van der Waals surface area contributed by atoms with Gasteiger partial charge in [-0.3, -0.25) is 0 Å². The third kappa shape index (κ3) is 6.03. The minimum atomic E-state index is -0.457. The molecule has 0 atom stereocenters. The molecule has 3 aliphatic rings. The minimum absolute atomic E-state index is 0.173. The first-order valence-corrected chi connectivity index (χ1v) is 28.1. The highest BCUT2D eigenvalue weighted by atomic mass is 15.1. The van der Waals surface area contributed by atoms with E-state index in [1.165, 1.54) is 127 Å². The number of para-hydroxylation sites is 1. The summed E-state index contributed by atoms with van der Waals surface area (Å²) in [5.74, 6) is 0. The van der Waals surface area contributed by atoms with Crippen LogP contribution < -0.4 is 4.90 Å². The Balaban J connectivity index is 0.912. The number of nitrogens with zero attached hydrogens (tertiary/aromatic N) is 2. The van der Waals surface area contributed by atoms with E-state index in [2.05, 4.69) is 302 Å². The van der Waals surface area contributed by atoms with Gasteiger partial charge in [-0.05, 0) is 142 Å². The molecule has 2 nitrogen and oxygen atoms in total. The number of aromatic nitrogens is 1. The molecule has 17 rings (SSSR count). The molecule has 0 N–H and O–H groups in total. The Morgan fingerprint density at radius 3 is 1.48 bits per heavy atom. The van der Waals surface area contributed by atoms with Gasteiger partial charge in [0.1, 0.15) is 0 Å². The molecule has 80 heavy (non-hydrogen) atoms. The van der Waals surface area contributed by atoms with Gasteiger partial charge in [-0.2, -0.15) is 0 Å². The van der Waals surface area contributed by atoms with Crippen molar-refractivity contribution in [2.24, 2.45) is 0 Å². The highest BCUT2D eigenvalue weighted by Gasteiger charge is 2.52. The van der Waals surface area contributed by atoms with Crippen LogP contribution in [-0.4, -0.2) is 4.57 Å². The topological polar surface area (TPSA) is 8.17 Å². The number of hydrogen-bond donors (Lipinski definition) is 0. The van der Waals surface area contributed by atoms with E-state index in [9.17, 15) is 0 Å². The second-order valence-electron chi connectivity index (χ2n) is 22.6. The Bertz CT molecular complexity index is 4860. The average Bonchev–Trinajstić information content (AvgIpc) is 3.01. The first-order chi connectivity index (χ1) is 39.5. The number of benzene rings is 13. The van der Waals surface area contributed by atoms with Crippen molar-refractivity contribution in [1.82, 2.24) is 4.57 Å². The van der Waals surface area contributed by atoms with Crippen LogP contribution in [0, 0.1) is 0 Å². The van der Waals surface area contributed by atoms with Crippen LogP contribution in [0.1, 0.15) is 47.2 Å². The zero-order chi connectivity index (χ0) is 52.8. The third-order valence-corrected chi connectivity index (χ3v) is 18.4. The van der Waals surface area contributed by atoms with Gasteiger partial charge < -0.3 is 9.47 Å². The molecule has 0 fully saturated rings. The van der Waals surface area contributed by atoms with E-state index in [4.69, 9.17) is 0 Å². The molecule has 0 aliphatic heterocycles. The fraction of sp³-hybridized carbons (Fsp3) is 0.0513. The molecule has 0 bridgehead atoms. The predicted molar refractivity (Wildman–Crippen MR) is 335 cm³/mol. The Kier molecular flexibility index (Phi) is 9.43. The van der Waals surface area contributed by atoms with Crippen molar-refractivity contribution < 1.29 is 0 Å². The second kappa shape index (κ2) is 16.7. The van der Waals surface area contributed by atoms with Crippen molar-refractivity contribution in [3.8, 4) is 61.3 Å². The van der Waals surface area contributed by atoms with Crippen molar-refractivity contribution in [1.29, 1.82) is 0 Å². The molecule has 1 aromatic heterocycles. The molecule has 374 valence electrons. The van der Waals surface area contributed by atoms with E-state index in [1.54, 1.807) is 0 Å². The summed E-state index contributed by atoms with van der Waals surface area (Å²) in [4.78, 5) is 2.51. The maximum atomic E-state index is 2.56. The lowest BCUT2D eigenvalue weighted by Gasteiger charge is -2.32. The quantitative estimate of drug-likeness (QED) is 0.151. The lowest BCUT2D eigenvalue weighted by Crippen LogP contribution is -2.26. The van der Waals surface area contributed by atoms with Crippen LogP contribution in [0.15, 0.2) is 279 Å². The summed E-state index contributed by atoms with van der Waals surface area (Å²) in [5, 5.41) is 7.47. The van der Waals surface area contributed by atoms with Gasteiger partial charge >= 0.3 is 0 Å².